The third kappa shape index (κ3) is 4.28. The van der Waals surface area contributed by atoms with E-state index < -0.39 is 0 Å². The zero-order valence-electron chi connectivity index (χ0n) is 9.18. The number of rotatable bonds is 3. The van der Waals surface area contributed by atoms with E-state index in [0.717, 1.165) is 16.6 Å². The predicted molar refractivity (Wildman–Crippen MR) is 78.3 cm³/mol. The molecule has 0 aliphatic carbocycles. The Bertz CT molecular complexity index is 384. The van der Waals surface area contributed by atoms with Crippen molar-refractivity contribution >= 4 is 50.5 Å². The van der Waals surface area contributed by atoms with Crippen LogP contribution in [0.25, 0.3) is 0 Å². The van der Waals surface area contributed by atoms with Crippen molar-refractivity contribution in [3.8, 4) is 0 Å². The van der Waals surface area contributed by atoms with E-state index in [0.29, 0.717) is 16.2 Å². The van der Waals surface area contributed by atoms with E-state index in [2.05, 4.69) is 40.4 Å². The first-order valence-electron chi connectivity index (χ1n) is 5.05. The fraction of sp³-hybridized carbons (Fsp3) is 0.364. The molecule has 0 bridgehead atoms. The van der Waals surface area contributed by atoms with E-state index in [1.165, 1.54) is 0 Å². The van der Waals surface area contributed by atoms with Gasteiger partial charge in [0, 0.05) is 16.2 Å². The molecule has 2 nitrogen and oxygen atoms in total. The molecule has 0 aliphatic rings. The van der Waals surface area contributed by atoms with Crippen molar-refractivity contribution in [3.63, 3.8) is 0 Å². The molecule has 0 fully saturated rings. The predicted octanol–water partition coefficient (Wildman–Crippen LogP) is 4.19. The highest BCUT2D eigenvalue weighted by Gasteiger charge is 2.03. The Morgan fingerprint density at radius 3 is 2.81 bits per heavy atom. The van der Waals surface area contributed by atoms with Gasteiger partial charge in [0.2, 0.25) is 0 Å². The van der Waals surface area contributed by atoms with Crippen LogP contribution in [0.3, 0.4) is 0 Å². The van der Waals surface area contributed by atoms with Crippen molar-refractivity contribution in [2.75, 3.05) is 5.32 Å². The molecule has 1 unspecified atom stereocenters. The Hall–Kier alpha value is -0.320. The number of halogens is 2. The minimum Gasteiger partial charge on any atom is -0.360 e. The molecule has 0 saturated carbocycles. The lowest BCUT2D eigenvalue weighted by molar-refractivity contribution is 0.646. The average Bonchev–Trinajstić information content (AvgIpc) is 2.23. The van der Waals surface area contributed by atoms with Crippen LogP contribution < -0.4 is 10.6 Å². The molecule has 0 amide bonds. The zero-order chi connectivity index (χ0) is 12.1. The normalized spacial score (nSPS) is 12.0. The minimum absolute atomic E-state index is 0.367. The summed E-state index contributed by atoms with van der Waals surface area (Å²) in [5, 5.41) is 7.55. The lowest BCUT2D eigenvalue weighted by Gasteiger charge is -2.15. The van der Waals surface area contributed by atoms with Crippen molar-refractivity contribution in [2.45, 2.75) is 26.3 Å². The second kappa shape index (κ2) is 6.42. The SMILES string of the molecule is CCC(C)NC(=S)Nc1ccc(Br)c(Cl)c1. The molecule has 1 rings (SSSR count). The first-order valence-corrected chi connectivity index (χ1v) is 6.63. The molecule has 0 aliphatic heterocycles. The number of anilines is 1. The van der Waals surface area contributed by atoms with Gasteiger partial charge in [-0.05, 0) is 59.7 Å². The van der Waals surface area contributed by atoms with Crippen molar-refractivity contribution in [1.29, 1.82) is 0 Å². The maximum Gasteiger partial charge on any atom is 0.170 e. The fourth-order valence-electron chi connectivity index (χ4n) is 1.07. The lowest BCUT2D eigenvalue weighted by Crippen LogP contribution is -2.35. The van der Waals surface area contributed by atoms with Crippen molar-refractivity contribution in [1.82, 2.24) is 5.32 Å². The molecule has 5 heteroatoms. The molecule has 1 aromatic carbocycles. The van der Waals surface area contributed by atoms with Gasteiger partial charge in [0.25, 0.3) is 0 Å². The second-order valence-electron chi connectivity index (χ2n) is 3.54. The van der Waals surface area contributed by atoms with Crippen LogP contribution >= 0.6 is 39.7 Å². The Balaban J connectivity index is 2.59. The van der Waals surface area contributed by atoms with Gasteiger partial charge in [0.15, 0.2) is 5.11 Å². The smallest absolute Gasteiger partial charge is 0.170 e. The first kappa shape index (κ1) is 13.7. The Morgan fingerprint density at radius 2 is 2.25 bits per heavy atom. The molecule has 0 saturated heterocycles. The summed E-state index contributed by atoms with van der Waals surface area (Å²) in [5.74, 6) is 0. The highest BCUT2D eigenvalue weighted by atomic mass is 79.9. The largest absolute Gasteiger partial charge is 0.360 e. The number of thiocarbonyl (C=S) groups is 1. The summed E-state index contributed by atoms with van der Waals surface area (Å²) in [6.45, 7) is 4.19. The van der Waals surface area contributed by atoms with E-state index in [1.54, 1.807) is 0 Å². The maximum atomic E-state index is 5.98. The van der Waals surface area contributed by atoms with Gasteiger partial charge in [-0.2, -0.15) is 0 Å². The Labute approximate surface area is 115 Å². The van der Waals surface area contributed by atoms with E-state index in [4.69, 9.17) is 23.8 Å². The average molecular weight is 322 g/mol. The molecule has 1 atom stereocenters. The molecule has 0 radical (unpaired) electrons. The molecule has 16 heavy (non-hydrogen) atoms. The van der Waals surface area contributed by atoms with Gasteiger partial charge in [0.1, 0.15) is 0 Å². The van der Waals surface area contributed by atoms with Gasteiger partial charge in [-0.3, -0.25) is 0 Å². The number of hydrogen-bond donors (Lipinski definition) is 2. The van der Waals surface area contributed by atoms with Crippen molar-refractivity contribution in [3.05, 3.63) is 27.7 Å². The summed E-state index contributed by atoms with van der Waals surface area (Å²) < 4.78 is 0.875. The number of nitrogens with one attached hydrogen (secondary N) is 2. The van der Waals surface area contributed by atoms with Crippen LogP contribution in [-0.2, 0) is 0 Å². The van der Waals surface area contributed by atoms with Gasteiger partial charge >= 0.3 is 0 Å². The maximum absolute atomic E-state index is 5.98. The van der Waals surface area contributed by atoms with Crippen LogP contribution in [0.5, 0.6) is 0 Å². The van der Waals surface area contributed by atoms with Crippen LogP contribution in [0.15, 0.2) is 22.7 Å². The van der Waals surface area contributed by atoms with Crippen LogP contribution in [0, 0.1) is 0 Å². The first-order chi connectivity index (χ1) is 7.52. The fourth-order valence-corrected chi connectivity index (χ4v) is 1.81. The molecule has 0 heterocycles. The Kier molecular flexibility index (Phi) is 5.52. The van der Waals surface area contributed by atoms with Crippen molar-refractivity contribution < 1.29 is 0 Å². The molecule has 1 aromatic rings. The summed E-state index contributed by atoms with van der Waals surface area (Å²) >= 11 is 14.5. The summed E-state index contributed by atoms with van der Waals surface area (Å²) in [5.41, 5.74) is 0.883. The van der Waals surface area contributed by atoms with Gasteiger partial charge in [-0.15, -0.1) is 0 Å². The molecule has 0 spiro atoms. The van der Waals surface area contributed by atoms with Gasteiger partial charge in [-0.25, -0.2) is 0 Å². The van der Waals surface area contributed by atoms with E-state index >= 15 is 0 Å². The summed E-state index contributed by atoms with van der Waals surface area (Å²) in [4.78, 5) is 0. The third-order valence-corrected chi connectivity index (χ3v) is 3.62. The summed E-state index contributed by atoms with van der Waals surface area (Å²) in [6, 6.07) is 6.00. The third-order valence-electron chi connectivity index (χ3n) is 2.17. The van der Waals surface area contributed by atoms with Gasteiger partial charge in [0.05, 0.1) is 5.02 Å². The highest BCUT2D eigenvalue weighted by molar-refractivity contribution is 9.10. The Morgan fingerprint density at radius 1 is 1.56 bits per heavy atom. The zero-order valence-corrected chi connectivity index (χ0v) is 12.3. The van der Waals surface area contributed by atoms with Gasteiger partial charge < -0.3 is 10.6 Å². The summed E-state index contributed by atoms with van der Waals surface area (Å²) in [6.07, 6.45) is 1.03. The van der Waals surface area contributed by atoms with E-state index in [9.17, 15) is 0 Å². The summed E-state index contributed by atoms with van der Waals surface area (Å²) in [7, 11) is 0. The van der Waals surface area contributed by atoms with Crippen LogP contribution in [0.4, 0.5) is 5.69 Å². The topological polar surface area (TPSA) is 24.1 Å². The van der Waals surface area contributed by atoms with Crippen LogP contribution in [0.2, 0.25) is 5.02 Å². The standard InChI is InChI=1S/C11H14BrClN2S/c1-3-7(2)14-11(16)15-8-4-5-9(12)10(13)6-8/h4-7H,3H2,1-2H3,(H2,14,15,16). The van der Waals surface area contributed by atoms with E-state index in [-0.39, 0.29) is 0 Å². The highest BCUT2D eigenvalue weighted by Crippen LogP contribution is 2.25. The molecular formula is C11H14BrClN2S. The molecule has 88 valence electrons. The molecule has 0 aromatic heterocycles. The lowest BCUT2D eigenvalue weighted by atomic mass is 10.3. The van der Waals surface area contributed by atoms with Crippen LogP contribution in [0.1, 0.15) is 20.3 Å². The van der Waals surface area contributed by atoms with Crippen molar-refractivity contribution in [2.24, 2.45) is 0 Å². The minimum atomic E-state index is 0.367. The quantitative estimate of drug-likeness (QED) is 0.816. The number of hydrogen-bond acceptors (Lipinski definition) is 1. The van der Waals surface area contributed by atoms with E-state index in [1.807, 2.05) is 18.2 Å². The second-order valence-corrected chi connectivity index (χ2v) is 5.21. The molecule has 2 N–H and O–H groups in total. The number of benzene rings is 1. The monoisotopic (exact) mass is 320 g/mol. The van der Waals surface area contributed by atoms with Gasteiger partial charge in [-0.1, -0.05) is 18.5 Å². The molecular weight excluding hydrogens is 308 g/mol. The van der Waals surface area contributed by atoms with Crippen LogP contribution in [-0.4, -0.2) is 11.2 Å².